The molecule has 0 aliphatic heterocycles. The normalized spacial score (nSPS) is 16.9. The molecule has 6 nitrogen and oxygen atoms in total. The largest absolute Gasteiger partial charge is 0.498 e. The van der Waals surface area contributed by atoms with E-state index in [1.165, 1.54) is 0 Å². The van der Waals surface area contributed by atoms with E-state index < -0.39 is 11.2 Å². The lowest BCUT2D eigenvalue weighted by Gasteiger charge is -2.33. The van der Waals surface area contributed by atoms with Crippen molar-refractivity contribution in [2.45, 2.75) is 36.9 Å². The summed E-state index contributed by atoms with van der Waals surface area (Å²) in [4.78, 5) is 0. The van der Waals surface area contributed by atoms with Gasteiger partial charge in [0.25, 0.3) is 11.2 Å². The number of ether oxygens (including phenoxy) is 2. The quantitative estimate of drug-likeness (QED) is 0.183. The van der Waals surface area contributed by atoms with Gasteiger partial charge in [0.1, 0.15) is 0 Å². The molecule has 0 saturated heterocycles. The highest BCUT2D eigenvalue weighted by Gasteiger charge is 2.43. The summed E-state index contributed by atoms with van der Waals surface area (Å²) in [5, 5.41) is 29.3. The van der Waals surface area contributed by atoms with Crippen molar-refractivity contribution in [3.8, 4) is 12.1 Å². The first-order valence-corrected chi connectivity index (χ1v) is 14.4. The molecule has 1 fully saturated rings. The standard InChI is InChI=1S/C36H34N2O4/c39-37-27-35(31-13-5-1-6-14-31,32-15-7-2-8-16-32)41-25-29-21-23-30(24-22-29)26-42-36(28-38-40,33-17-9-3-10-18-33)34-19-11-4-12-20-34/h1-20,29-30H,21-26H2. The summed E-state index contributed by atoms with van der Waals surface area (Å²) >= 11 is 0. The molecule has 5 rings (SSSR count). The van der Waals surface area contributed by atoms with Crippen LogP contribution in [0.3, 0.4) is 0 Å². The minimum atomic E-state index is -1.18. The summed E-state index contributed by atoms with van der Waals surface area (Å²) in [7, 11) is 0. The molecule has 0 radical (unpaired) electrons. The zero-order chi connectivity index (χ0) is 29.1. The van der Waals surface area contributed by atoms with Gasteiger partial charge < -0.3 is 19.9 Å². The fourth-order valence-corrected chi connectivity index (χ4v) is 5.86. The van der Waals surface area contributed by atoms with Gasteiger partial charge in [-0.25, -0.2) is 0 Å². The van der Waals surface area contributed by atoms with Gasteiger partial charge in [0.05, 0.1) is 13.2 Å². The van der Waals surface area contributed by atoms with Crippen LogP contribution in [0.4, 0.5) is 0 Å². The summed E-state index contributed by atoms with van der Waals surface area (Å²) < 4.78 is 13.2. The van der Waals surface area contributed by atoms with Crippen molar-refractivity contribution in [1.82, 2.24) is 0 Å². The number of hydrogen-bond acceptors (Lipinski definition) is 4. The van der Waals surface area contributed by atoms with Crippen LogP contribution in [0.1, 0.15) is 47.9 Å². The molecule has 0 bridgehead atoms. The third-order valence-corrected chi connectivity index (χ3v) is 8.16. The van der Waals surface area contributed by atoms with Crippen molar-refractivity contribution in [2.24, 2.45) is 11.8 Å². The molecule has 4 aromatic carbocycles. The highest BCUT2D eigenvalue weighted by atomic mass is 16.5. The first-order valence-electron chi connectivity index (χ1n) is 14.4. The third-order valence-electron chi connectivity index (χ3n) is 8.16. The van der Waals surface area contributed by atoms with Gasteiger partial charge >= 0.3 is 12.1 Å². The van der Waals surface area contributed by atoms with E-state index in [0.717, 1.165) is 47.9 Å². The SMILES string of the molecule is [O-][N+]#CC(OCC1CCC(COC(C#[N+][O-])(c2ccccc2)c2ccccc2)CC1)(c1ccccc1)c1ccccc1. The van der Waals surface area contributed by atoms with Gasteiger partial charge in [-0.15, -0.1) is 0 Å². The molecule has 0 unspecified atom stereocenters. The highest BCUT2D eigenvalue weighted by molar-refractivity contribution is 5.45. The lowest BCUT2D eigenvalue weighted by Crippen LogP contribution is -2.34. The second-order valence-electron chi connectivity index (χ2n) is 10.7. The van der Waals surface area contributed by atoms with Gasteiger partial charge in [0, 0.05) is 32.3 Å². The van der Waals surface area contributed by atoms with Gasteiger partial charge in [0.2, 0.25) is 0 Å². The molecule has 0 spiro atoms. The lowest BCUT2D eigenvalue weighted by molar-refractivity contribution is -0.0260. The monoisotopic (exact) mass is 558 g/mol. The zero-order valence-electron chi connectivity index (χ0n) is 23.5. The fourth-order valence-electron chi connectivity index (χ4n) is 5.86. The molecule has 1 aliphatic carbocycles. The number of rotatable bonds is 10. The van der Waals surface area contributed by atoms with E-state index in [1.807, 2.05) is 121 Å². The summed E-state index contributed by atoms with van der Waals surface area (Å²) in [6, 6.07) is 44.1. The van der Waals surface area contributed by atoms with Crippen molar-refractivity contribution in [3.05, 3.63) is 164 Å². The molecule has 0 heterocycles. The summed E-state index contributed by atoms with van der Waals surface area (Å²) in [5.74, 6) is 0.619. The molecule has 0 amide bonds. The van der Waals surface area contributed by atoms with Crippen molar-refractivity contribution in [1.29, 1.82) is 0 Å². The van der Waals surface area contributed by atoms with Crippen molar-refractivity contribution in [2.75, 3.05) is 13.2 Å². The number of nitrogens with zero attached hydrogens (tertiary/aromatic N) is 2. The van der Waals surface area contributed by atoms with Gasteiger partial charge in [-0.2, -0.15) is 0 Å². The van der Waals surface area contributed by atoms with Crippen LogP contribution in [0.15, 0.2) is 121 Å². The van der Waals surface area contributed by atoms with Gasteiger partial charge in [-0.05, 0) is 37.5 Å². The van der Waals surface area contributed by atoms with Crippen LogP contribution in [-0.2, 0) is 20.7 Å². The third kappa shape index (κ3) is 6.31. The molecule has 6 heteroatoms. The topological polar surface area (TPSA) is 73.3 Å². The van der Waals surface area contributed by atoms with Gasteiger partial charge in [-0.1, -0.05) is 121 Å². The average Bonchev–Trinajstić information content (AvgIpc) is 3.07. The Labute approximate surface area is 247 Å². The van der Waals surface area contributed by atoms with E-state index in [4.69, 9.17) is 9.47 Å². The van der Waals surface area contributed by atoms with Gasteiger partial charge in [-0.3, -0.25) is 0 Å². The first kappa shape index (κ1) is 28.9. The second kappa shape index (κ2) is 13.8. The Morgan fingerprint density at radius 2 is 0.762 bits per heavy atom. The Hall–Kier alpha value is -4.62. The molecule has 0 N–H and O–H groups in total. The highest BCUT2D eigenvalue weighted by Crippen LogP contribution is 2.39. The number of hydrogen-bond donors (Lipinski definition) is 0. The summed E-state index contributed by atoms with van der Waals surface area (Å²) in [5.41, 5.74) is 0.894. The van der Waals surface area contributed by atoms with E-state index in [-0.39, 0.29) is 0 Å². The Bertz CT molecular complexity index is 1320. The Morgan fingerprint density at radius 1 is 0.500 bits per heavy atom. The van der Waals surface area contributed by atoms with Crippen molar-refractivity contribution < 1.29 is 9.47 Å². The molecule has 212 valence electrons. The molecule has 4 aromatic rings. The van der Waals surface area contributed by atoms with E-state index in [1.54, 1.807) is 0 Å². The van der Waals surface area contributed by atoms with Crippen LogP contribution in [0, 0.1) is 34.4 Å². The van der Waals surface area contributed by atoms with Crippen molar-refractivity contribution >= 4 is 0 Å². The smallest absolute Gasteiger partial charge is 0.344 e. The maximum absolute atomic E-state index is 11.6. The molecule has 0 atom stereocenters. The predicted molar refractivity (Wildman–Crippen MR) is 166 cm³/mol. The van der Waals surface area contributed by atoms with Crippen LogP contribution in [0.25, 0.3) is 10.0 Å². The summed E-state index contributed by atoms with van der Waals surface area (Å²) in [6.07, 6.45) is 3.80. The maximum atomic E-state index is 11.6. The van der Waals surface area contributed by atoms with Crippen LogP contribution in [0.2, 0.25) is 0 Å². The zero-order valence-corrected chi connectivity index (χ0v) is 23.5. The van der Waals surface area contributed by atoms with Crippen LogP contribution in [0.5, 0.6) is 0 Å². The van der Waals surface area contributed by atoms with Crippen LogP contribution >= 0.6 is 0 Å². The van der Waals surface area contributed by atoms with E-state index in [9.17, 15) is 10.4 Å². The predicted octanol–water partition coefficient (Wildman–Crippen LogP) is 8.38. The van der Waals surface area contributed by atoms with E-state index >= 15 is 0 Å². The average molecular weight is 559 g/mol. The molecule has 42 heavy (non-hydrogen) atoms. The Kier molecular flexibility index (Phi) is 9.51. The van der Waals surface area contributed by atoms with Gasteiger partial charge in [0.15, 0.2) is 0 Å². The minimum absolute atomic E-state index is 0.310. The first-order chi connectivity index (χ1) is 20.7. The summed E-state index contributed by atoms with van der Waals surface area (Å²) in [6.45, 7) is 0.933. The lowest BCUT2D eigenvalue weighted by atomic mass is 9.81. The minimum Gasteiger partial charge on any atom is -0.498 e. The molecular weight excluding hydrogens is 524 g/mol. The van der Waals surface area contributed by atoms with Crippen LogP contribution < -0.4 is 0 Å². The van der Waals surface area contributed by atoms with E-state index in [2.05, 4.69) is 22.2 Å². The molecular formula is C36H34N2O4. The molecule has 1 aliphatic rings. The maximum Gasteiger partial charge on any atom is 0.344 e. The molecule has 0 aromatic heterocycles. The van der Waals surface area contributed by atoms with Crippen LogP contribution in [-0.4, -0.2) is 13.2 Å². The molecule has 1 saturated carbocycles. The fraction of sp³-hybridized carbons (Fsp3) is 0.278. The number of benzene rings is 4. The van der Waals surface area contributed by atoms with Crippen molar-refractivity contribution in [3.63, 3.8) is 0 Å². The second-order valence-corrected chi connectivity index (χ2v) is 10.7. The van der Waals surface area contributed by atoms with E-state index in [0.29, 0.717) is 25.0 Å². The Balaban J connectivity index is 1.27. The Morgan fingerprint density at radius 3 is 1.00 bits per heavy atom.